The first kappa shape index (κ1) is 19.7. The second kappa shape index (κ2) is 7.93. The number of nitrogens with one attached hydrogen (secondary N) is 1. The van der Waals surface area contributed by atoms with Crippen LogP contribution in [0.15, 0.2) is 17.4 Å². The Kier molecular flexibility index (Phi) is 5.80. The predicted octanol–water partition coefficient (Wildman–Crippen LogP) is 2.62. The van der Waals surface area contributed by atoms with Gasteiger partial charge in [0.2, 0.25) is 11.1 Å². The summed E-state index contributed by atoms with van der Waals surface area (Å²) in [5.41, 5.74) is -0.885. The molecular formula is C15H16ClF3N6OS. The summed E-state index contributed by atoms with van der Waals surface area (Å²) in [5, 5.41) is 7.13. The molecule has 2 aromatic rings. The lowest BCUT2D eigenvalue weighted by molar-refractivity contribution is -0.137. The van der Waals surface area contributed by atoms with Gasteiger partial charge >= 0.3 is 6.18 Å². The number of hydrogen-bond donors (Lipinski definition) is 1. The van der Waals surface area contributed by atoms with Crippen LogP contribution in [0.4, 0.5) is 19.0 Å². The molecule has 146 valence electrons. The van der Waals surface area contributed by atoms with Crippen molar-refractivity contribution in [2.45, 2.75) is 18.3 Å². The molecule has 0 aliphatic carbocycles. The number of aromatic nitrogens is 4. The van der Waals surface area contributed by atoms with Crippen LogP contribution in [0.5, 0.6) is 0 Å². The Morgan fingerprint density at radius 3 is 2.59 bits per heavy atom. The van der Waals surface area contributed by atoms with Gasteiger partial charge in [0, 0.05) is 32.4 Å². The molecule has 3 rings (SSSR count). The van der Waals surface area contributed by atoms with Crippen molar-refractivity contribution in [3.8, 4) is 0 Å². The summed E-state index contributed by atoms with van der Waals surface area (Å²) in [7, 11) is 0. The summed E-state index contributed by atoms with van der Waals surface area (Å²) in [6.45, 7) is 3.53. The summed E-state index contributed by atoms with van der Waals surface area (Å²) in [6.07, 6.45) is -3.71. The van der Waals surface area contributed by atoms with Gasteiger partial charge in [-0.2, -0.15) is 13.2 Å². The molecule has 0 aromatic carbocycles. The maximum Gasteiger partial charge on any atom is 0.417 e. The maximum atomic E-state index is 12.7. The average molecular weight is 421 g/mol. The van der Waals surface area contributed by atoms with Crippen LogP contribution in [0, 0.1) is 6.92 Å². The minimum atomic E-state index is -4.49. The number of carbonyl (C=O) groups is 1. The number of alkyl halides is 3. The predicted molar refractivity (Wildman–Crippen MR) is 94.9 cm³/mol. The molecule has 1 N–H and O–H groups in total. The van der Waals surface area contributed by atoms with Gasteiger partial charge in [-0.25, -0.2) is 9.97 Å². The molecule has 0 atom stereocenters. The van der Waals surface area contributed by atoms with Crippen LogP contribution in [-0.2, 0) is 11.0 Å². The number of carbonyl (C=O) groups excluding carboxylic acids is 1. The molecule has 0 bridgehead atoms. The number of aromatic amines is 1. The molecule has 1 aliphatic heterocycles. The van der Waals surface area contributed by atoms with E-state index in [9.17, 15) is 18.0 Å². The van der Waals surface area contributed by atoms with E-state index in [2.05, 4.69) is 20.2 Å². The number of anilines is 1. The zero-order valence-electron chi connectivity index (χ0n) is 14.3. The van der Waals surface area contributed by atoms with Gasteiger partial charge in [0.1, 0.15) is 11.6 Å². The summed E-state index contributed by atoms with van der Waals surface area (Å²) < 4.78 is 38.1. The van der Waals surface area contributed by atoms with Crippen molar-refractivity contribution in [2.24, 2.45) is 0 Å². The van der Waals surface area contributed by atoms with Crippen LogP contribution < -0.4 is 4.90 Å². The van der Waals surface area contributed by atoms with Gasteiger partial charge in [-0.15, -0.1) is 5.10 Å². The fourth-order valence-electron chi connectivity index (χ4n) is 2.59. The second-order valence-electron chi connectivity index (χ2n) is 5.89. The van der Waals surface area contributed by atoms with E-state index in [0.717, 1.165) is 12.3 Å². The molecule has 7 nitrogen and oxygen atoms in total. The third-order valence-corrected chi connectivity index (χ3v) is 5.09. The molecule has 27 heavy (non-hydrogen) atoms. The van der Waals surface area contributed by atoms with Gasteiger partial charge in [-0.3, -0.25) is 9.89 Å². The summed E-state index contributed by atoms with van der Waals surface area (Å²) in [6, 6.07) is 0.872. The lowest BCUT2D eigenvalue weighted by Crippen LogP contribution is -2.49. The fraction of sp³-hybridized carbons (Fsp3) is 0.467. The maximum absolute atomic E-state index is 12.7. The van der Waals surface area contributed by atoms with E-state index in [1.54, 1.807) is 16.7 Å². The molecular weight excluding hydrogens is 405 g/mol. The molecule has 1 saturated heterocycles. The van der Waals surface area contributed by atoms with E-state index in [0.29, 0.717) is 43.0 Å². The molecule has 0 spiro atoms. The number of piperazine rings is 1. The Morgan fingerprint density at radius 2 is 2.04 bits per heavy atom. The van der Waals surface area contributed by atoms with Gasteiger partial charge in [-0.05, 0) is 13.0 Å². The summed E-state index contributed by atoms with van der Waals surface area (Å²) >= 11 is 7.23. The Morgan fingerprint density at radius 1 is 1.33 bits per heavy atom. The highest BCUT2D eigenvalue weighted by Gasteiger charge is 2.32. The molecule has 0 unspecified atom stereocenters. The van der Waals surface area contributed by atoms with Crippen LogP contribution in [-0.4, -0.2) is 62.9 Å². The molecule has 1 aliphatic rings. The molecule has 0 saturated carbocycles. The molecule has 2 aromatic heterocycles. The minimum absolute atomic E-state index is 0.0476. The van der Waals surface area contributed by atoms with Gasteiger partial charge in [-0.1, -0.05) is 23.4 Å². The first-order valence-corrected chi connectivity index (χ1v) is 9.37. The van der Waals surface area contributed by atoms with Gasteiger partial charge in [0.05, 0.1) is 16.3 Å². The highest BCUT2D eigenvalue weighted by atomic mass is 35.5. The largest absolute Gasteiger partial charge is 0.417 e. The number of pyridine rings is 1. The lowest BCUT2D eigenvalue weighted by Gasteiger charge is -2.35. The van der Waals surface area contributed by atoms with E-state index in [4.69, 9.17) is 11.6 Å². The first-order valence-electron chi connectivity index (χ1n) is 8.01. The minimum Gasteiger partial charge on any atom is -0.352 e. The van der Waals surface area contributed by atoms with Crippen molar-refractivity contribution in [3.05, 3.63) is 28.7 Å². The number of hydrogen-bond acceptors (Lipinski definition) is 6. The molecule has 3 heterocycles. The van der Waals surface area contributed by atoms with Crippen LogP contribution in [0.1, 0.15) is 11.4 Å². The number of thioether (sulfide) groups is 1. The third-order valence-electron chi connectivity index (χ3n) is 3.98. The van der Waals surface area contributed by atoms with E-state index >= 15 is 0 Å². The Labute approximate surface area is 162 Å². The number of nitrogens with zero attached hydrogens (tertiary/aromatic N) is 5. The average Bonchev–Trinajstić information content (AvgIpc) is 3.04. The monoisotopic (exact) mass is 420 g/mol. The number of rotatable bonds is 4. The normalized spacial score (nSPS) is 15.3. The highest BCUT2D eigenvalue weighted by Crippen LogP contribution is 2.33. The SMILES string of the molecule is Cc1nc(SCC(=O)N2CCN(c3ncc(C(F)(F)F)cc3Cl)CC2)n[nH]1. The van der Waals surface area contributed by atoms with Crippen LogP contribution in [0.2, 0.25) is 5.02 Å². The fourth-order valence-corrected chi connectivity index (χ4v) is 3.62. The van der Waals surface area contributed by atoms with E-state index in [1.807, 2.05) is 0 Å². The smallest absolute Gasteiger partial charge is 0.352 e. The standard InChI is InChI=1S/C15H16ClF3N6OS/c1-9-21-14(23-22-9)27-8-12(26)24-2-4-25(5-3-24)13-11(16)6-10(7-20-13)15(17,18)19/h6-7H,2-5,8H2,1H3,(H,21,22,23). The highest BCUT2D eigenvalue weighted by molar-refractivity contribution is 7.99. The number of halogens is 4. The van der Waals surface area contributed by atoms with Crippen LogP contribution >= 0.6 is 23.4 Å². The molecule has 12 heteroatoms. The number of aryl methyl sites for hydroxylation is 1. The zero-order valence-corrected chi connectivity index (χ0v) is 15.8. The quantitative estimate of drug-likeness (QED) is 0.766. The van der Waals surface area contributed by atoms with Crippen molar-refractivity contribution in [2.75, 3.05) is 36.8 Å². The summed E-state index contributed by atoms with van der Waals surface area (Å²) in [5.74, 6) is 1.15. The van der Waals surface area contributed by atoms with Gasteiger partial charge in [0.25, 0.3) is 0 Å². The molecule has 0 radical (unpaired) electrons. The van der Waals surface area contributed by atoms with Gasteiger partial charge < -0.3 is 9.80 Å². The van der Waals surface area contributed by atoms with Crippen molar-refractivity contribution in [1.29, 1.82) is 0 Å². The topological polar surface area (TPSA) is 78.0 Å². The van der Waals surface area contributed by atoms with Crippen molar-refractivity contribution < 1.29 is 18.0 Å². The Hall–Kier alpha value is -2.01. The number of H-pyrrole nitrogens is 1. The van der Waals surface area contributed by atoms with Crippen LogP contribution in [0.3, 0.4) is 0 Å². The van der Waals surface area contributed by atoms with E-state index in [-0.39, 0.29) is 16.7 Å². The Bertz CT molecular complexity index is 822. The Balaban J connectivity index is 1.54. The third kappa shape index (κ3) is 4.83. The van der Waals surface area contributed by atoms with Crippen LogP contribution in [0.25, 0.3) is 0 Å². The second-order valence-corrected chi connectivity index (χ2v) is 7.24. The van der Waals surface area contributed by atoms with Crippen molar-refractivity contribution >= 4 is 35.1 Å². The number of amides is 1. The van der Waals surface area contributed by atoms with Gasteiger partial charge in [0.15, 0.2) is 0 Å². The lowest BCUT2D eigenvalue weighted by atomic mass is 10.2. The van der Waals surface area contributed by atoms with E-state index < -0.39 is 11.7 Å². The molecule has 1 fully saturated rings. The molecule has 1 amide bonds. The van der Waals surface area contributed by atoms with Crippen molar-refractivity contribution in [3.63, 3.8) is 0 Å². The van der Waals surface area contributed by atoms with E-state index in [1.165, 1.54) is 11.8 Å². The first-order chi connectivity index (χ1) is 12.7. The summed E-state index contributed by atoms with van der Waals surface area (Å²) in [4.78, 5) is 23.8. The van der Waals surface area contributed by atoms with Crippen molar-refractivity contribution in [1.82, 2.24) is 25.1 Å². The zero-order chi connectivity index (χ0) is 19.6.